The summed E-state index contributed by atoms with van der Waals surface area (Å²) in [5.74, 6) is -6.21. The van der Waals surface area contributed by atoms with Crippen molar-refractivity contribution in [2.75, 3.05) is 72.2 Å². The summed E-state index contributed by atoms with van der Waals surface area (Å²) in [5, 5.41) is 14.7. The van der Waals surface area contributed by atoms with E-state index in [0.29, 0.717) is 25.9 Å². The summed E-state index contributed by atoms with van der Waals surface area (Å²) in [6.07, 6.45) is 45.9. The minimum atomic E-state index is -1.33. The summed E-state index contributed by atoms with van der Waals surface area (Å²) in [4.78, 5) is 133. The van der Waals surface area contributed by atoms with E-state index in [1.54, 1.807) is 24.3 Å². The molecule has 0 unspecified atom stereocenters. The Bertz CT molecular complexity index is 2200. The van der Waals surface area contributed by atoms with Gasteiger partial charge in [0, 0.05) is 26.1 Å². The van der Waals surface area contributed by atoms with Gasteiger partial charge in [-0.15, -0.1) is 0 Å². The first-order valence-electron chi connectivity index (χ1n) is 37.4. The highest BCUT2D eigenvalue weighted by molar-refractivity contribution is 5.95. The molecular formula is C74H128N8O13. The van der Waals surface area contributed by atoms with Crippen LogP contribution in [0.2, 0.25) is 0 Å². The second-order valence-electron chi connectivity index (χ2n) is 25.9. The first kappa shape index (κ1) is 85.0. The topological polar surface area (TPSA) is 277 Å². The van der Waals surface area contributed by atoms with Crippen LogP contribution in [-0.2, 0) is 68.8 Å². The Morgan fingerprint density at radius 3 is 1.37 bits per heavy atom. The molecule has 1 saturated heterocycles. The van der Waals surface area contributed by atoms with Gasteiger partial charge in [-0.25, -0.2) is 0 Å². The third-order valence-corrected chi connectivity index (χ3v) is 17.5. The van der Waals surface area contributed by atoms with E-state index in [1.807, 2.05) is 11.0 Å². The van der Waals surface area contributed by atoms with E-state index >= 15 is 0 Å². The highest BCUT2D eigenvalue weighted by Crippen LogP contribution is 2.20. The van der Waals surface area contributed by atoms with Crippen molar-refractivity contribution >= 4 is 59.2 Å². The molecule has 1 heterocycles. The third-order valence-electron chi connectivity index (χ3n) is 17.5. The maximum absolute atomic E-state index is 13.8. The first-order chi connectivity index (χ1) is 46.3. The van der Waals surface area contributed by atoms with E-state index in [0.717, 1.165) is 69.8 Å². The summed E-state index contributed by atoms with van der Waals surface area (Å²) in [6, 6.07) is 6.61. The fourth-order valence-corrected chi connectivity index (χ4v) is 11.6. The minimum Gasteiger partial charge on any atom is -0.464 e. The number of nitrogens with one attached hydrogen (secondary N) is 6. The molecule has 6 N–H and O–H groups in total. The molecule has 0 radical (unpaired) electrons. The number of carbonyl (C=O) groups excluding carboxylic acids is 10. The summed E-state index contributed by atoms with van der Waals surface area (Å²) in [7, 11) is 0. The zero-order valence-electron chi connectivity index (χ0n) is 59.2. The molecule has 1 aromatic carbocycles. The van der Waals surface area contributed by atoms with Crippen molar-refractivity contribution < 1.29 is 62.2 Å². The number of likely N-dealkylation sites (tertiary alicyclic amines) is 1. The van der Waals surface area contributed by atoms with E-state index in [9.17, 15) is 47.9 Å². The monoisotopic (exact) mass is 1340 g/mol. The number of amides is 8. The van der Waals surface area contributed by atoms with Gasteiger partial charge in [0.15, 0.2) is 0 Å². The lowest BCUT2D eigenvalue weighted by atomic mass is 10.0. The molecular weight excluding hydrogens is 1210 g/mol. The van der Waals surface area contributed by atoms with Crippen LogP contribution in [0.1, 0.15) is 290 Å². The lowest BCUT2D eigenvalue weighted by Crippen LogP contribution is -2.55. The summed E-state index contributed by atoms with van der Waals surface area (Å²) < 4.78 is 16.1. The number of nitrogens with zero attached hydrogens (tertiary/aromatic N) is 2. The van der Waals surface area contributed by atoms with Crippen LogP contribution in [0.25, 0.3) is 0 Å². The summed E-state index contributed by atoms with van der Waals surface area (Å²) >= 11 is 0. The maximum Gasteiger partial charge on any atom is 0.325 e. The smallest absolute Gasteiger partial charge is 0.325 e. The summed E-state index contributed by atoms with van der Waals surface area (Å²) in [5.41, 5.74) is 0.748. The van der Waals surface area contributed by atoms with Gasteiger partial charge >= 0.3 is 11.9 Å². The molecule has 542 valence electrons. The molecule has 21 nitrogen and oxygen atoms in total. The van der Waals surface area contributed by atoms with E-state index in [-0.39, 0.29) is 51.5 Å². The Hall–Kier alpha value is -6.12. The number of unbranched alkanes of at least 4 members (excludes halogenated alkanes) is 34. The minimum absolute atomic E-state index is 0.00997. The van der Waals surface area contributed by atoms with E-state index < -0.39 is 105 Å². The van der Waals surface area contributed by atoms with Crippen molar-refractivity contribution in [2.24, 2.45) is 0 Å². The van der Waals surface area contributed by atoms with Crippen LogP contribution in [-0.4, -0.2) is 153 Å². The number of hydrogen-bond acceptors (Lipinski definition) is 13. The van der Waals surface area contributed by atoms with Gasteiger partial charge in [-0.3, -0.25) is 47.9 Å². The van der Waals surface area contributed by atoms with Gasteiger partial charge in [-0.2, -0.15) is 0 Å². The standard InChI is InChI=1S/C74H128N8O13/c1-4-7-10-13-15-17-19-21-23-25-27-29-31-33-35-41-50-81(51-42-36-34-32-30-28-26-24-22-20-18-16-14-11-8-5-2)70(88)61-93-60-68(86)76-55-65(83)75-54-66(84)77-57-69(87)82-52-44-47-64(82)74(92)80-63(48-49-71(89)95-59-62-45-39-38-40-46-62)73(91)79-56-67(85)78-58-72(90)94-53-43-37-12-9-6-3/h38-40,45-46,63-64H,4-37,41-44,47-61H2,1-3H3,(H,75,83)(H,76,86)(H,77,84)(H,78,85)(H,79,91)(H,80,92)/t63-,64-/m0/s1. The highest BCUT2D eigenvalue weighted by Gasteiger charge is 2.36. The molecule has 2 rings (SSSR count). The fourth-order valence-electron chi connectivity index (χ4n) is 11.6. The average molecular weight is 1340 g/mol. The lowest BCUT2D eigenvalue weighted by molar-refractivity contribution is -0.146. The summed E-state index contributed by atoms with van der Waals surface area (Å²) in [6.45, 7) is 5.19. The van der Waals surface area contributed by atoms with Gasteiger partial charge in [0.05, 0.1) is 32.8 Å². The molecule has 1 aromatic rings. The Kier molecular flexibility index (Phi) is 52.9. The quantitative estimate of drug-likeness (QED) is 0.0262. The van der Waals surface area contributed by atoms with E-state index in [2.05, 4.69) is 52.7 Å². The first-order valence-corrected chi connectivity index (χ1v) is 37.4. The number of hydrogen-bond donors (Lipinski definition) is 6. The van der Waals surface area contributed by atoms with Crippen LogP contribution in [0.3, 0.4) is 0 Å². The van der Waals surface area contributed by atoms with Crippen LogP contribution in [0.15, 0.2) is 30.3 Å². The Labute approximate surface area is 571 Å². The fraction of sp³-hybridized carbons (Fsp3) is 0.784. The number of benzene rings is 1. The van der Waals surface area contributed by atoms with Gasteiger partial charge in [0.1, 0.15) is 38.4 Å². The molecule has 1 aliphatic rings. The largest absolute Gasteiger partial charge is 0.464 e. The highest BCUT2D eigenvalue weighted by atomic mass is 16.5. The lowest BCUT2D eigenvalue weighted by Gasteiger charge is -2.26. The number of rotatable bonds is 62. The van der Waals surface area contributed by atoms with Crippen LogP contribution in [0, 0.1) is 0 Å². The normalized spacial score (nSPS) is 13.0. The van der Waals surface area contributed by atoms with Gasteiger partial charge < -0.3 is 55.9 Å². The Morgan fingerprint density at radius 2 is 0.884 bits per heavy atom. The molecule has 0 aromatic heterocycles. The zero-order valence-corrected chi connectivity index (χ0v) is 59.2. The van der Waals surface area contributed by atoms with Gasteiger partial charge in [-0.05, 0) is 44.1 Å². The molecule has 0 saturated carbocycles. The van der Waals surface area contributed by atoms with Crippen LogP contribution in [0.4, 0.5) is 0 Å². The van der Waals surface area contributed by atoms with E-state index in [4.69, 9.17) is 14.2 Å². The van der Waals surface area contributed by atoms with Crippen molar-refractivity contribution in [2.45, 2.75) is 303 Å². The number of esters is 2. The average Bonchev–Trinajstić information content (AvgIpc) is 1.75. The van der Waals surface area contributed by atoms with Gasteiger partial charge in [0.25, 0.3) is 0 Å². The second kappa shape index (κ2) is 59.2. The molecule has 95 heavy (non-hydrogen) atoms. The predicted octanol–water partition coefficient (Wildman–Crippen LogP) is 11.4. The molecule has 0 bridgehead atoms. The molecule has 21 heteroatoms. The van der Waals surface area contributed by atoms with Crippen molar-refractivity contribution in [1.82, 2.24) is 41.7 Å². The van der Waals surface area contributed by atoms with Crippen LogP contribution >= 0.6 is 0 Å². The molecule has 0 spiro atoms. The molecule has 8 amide bonds. The molecule has 1 aliphatic heterocycles. The number of ether oxygens (including phenoxy) is 3. The van der Waals surface area contributed by atoms with Crippen LogP contribution in [0.5, 0.6) is 0 Å². The van der Waals surface area contributed by atoms with Crippen molar-refractivity contribution in [3.8, 4) is 0 Å². The van der Waals surface area contributed by atoms with Crippen molar-refractivity contribution in [1.29, 1.82) is 0 Å². The third kappa shape index (κ3) is 47.4. The second-order valence-corrected chi connectivity index (χ2v) is 25.9. The van der Waals surface area contributed by atoms with E-state index in [1.165, 1.54) is 172 Å². The number of carbonyl (C=O) groups is 10. The Balaban J connectivity index is 1.79. The van der Waals surface area contributed by atoms with Crippen molar-refractivity contribution in [3.05, 3.63) is 35.9 Å². The van der Waals surface area contributed by atoms with Crippen molar-refractivity contribution in [3.63, 3.8) is 0 Å². The SMILES string of the molecule is CCCCCCCCCCCCCCCCCCN(CCCCCCCCCCCCCCCCCC)C(=O)COCC(=O)NCC(=O)NCC(=O)NCC(=O)N1CCC[C@H]1C(=O)N[C@@H](CCC(=O)OCc1ccccc1)C(=O)NCC(=O)NCC(=O)OCCCCCCC. The van der Waals surface area contributed by atoms with Crippen LogP contribution < -0.4 is 31.9 Å². The molecule has 2 atom stereocenters. The van der Waals surface area contributed by atoms with Gasteiger partial charge in [0.2, 0.25) is 47.3 Å². The molecule has 0 aliphatic carbocycles. The predicted molar refractivity (Wildman–Crippen MR) is 373 cm³/mol. The van der Waals surface area contributed by atoms with Gasteiger partial charge in [-0.1, -0.05) is 269 Å². The molecule has 1 fully saturated rings. The maximum atomic E-state index is 13.8. The Morgan fingerprint density at radius 1 is 0.463 bits per heavy atom. The zero-order chi connectivity index (χ0) is 69.0.